The van der Waals surface area contributed by atoms with Crippen LogP contribution in [0, 0.1) is 0 Å². The van der Waals surface area contributed by atoms with Crippen LogP contribution in [-0.2, 0) is 0 Å². The maximum absolute atomic E-state index is 8.56. The predicted molar refractivity (Wildman–Crippen MR) is 93.9 cm³/mol. The fraction of sp³-hybridized carbons (Fsp3) is 0. The first-order valence-corrected chi connectivity index (χ1v) is 7.31. The van der Waals surface area contributed by atoms with Gasteiger partial charge < -0.3 is 10.4 Å². The maximum Gasteiger partial charge on any atom is 0.0733 e. The van der Waals surface area contributed by atoms with Gasteiger partial charge in [-0.25, -0.2) is 0 Å². The smallest absolute Gasteiger partial charge is 0.0733 e. The summed E-state index contributed by atoms with van der Waals surface area (Å²) in [5.74, 6) is 0. The van der Waals surface area contributed by atoms with Crippen molar-refractivity contribution < 1.29 is 10.4 Å². The Morgan fingerprint density at radius 2 is 1.04 bits per heavy atom. The molecule has 5 nitrogen and oxygen atoms in total. The number of oxime groups is 2. The average molecular weight is 317 g/mol. The second-order valence-corrected chi connectivity index (χ2v) is 5.20. The molecule has 118 valence electrons. The highest BCUT2D eigenvalue weighted by molar-refractivity contribution is 5.82. The minimum atomic E-state index is 0.825. The van der Waals surface area contributed by atoms with Crippen LogP contribution in [0.3, 0.4) is 0 Å². The van der Waals surface area contributed by atoms with Crippen LogP contribution in [0.15, 0.2) is 77.3 Å². The predicted octanol–water partition coefficient (Wildman–Crippen LogP) is 4.03. The van der Waals surface area contributed by atoms with Gasteiger partial charge in [-0.15, -0.1) is 0 Å². The molecule has 1 heterocycles. The molecule has 0 aliphatic heterocycles. The van der Waals surface area contributed by atoms with Gasteiger partial charge in [0.1, 0.15) is 0 Å². The number of hydrogen-bond donors (Lipinski definition) is 2. The Hall–Kier alpha value is -3.47. The molecule has 5 heteroatoms. The van der Waals surface area contributed by atoms with Crippen molar-refractivity contribution in [3.63, 3.8) is 0 Å². The lowest BCUT2D eigenvalue weighted by atomic mass is 10.0. The summed E-state index contributed by atoms with van der Waals surface area (Å²) in [6.45, 7) is 0. The largest absolute Gasteiger partial charge is 0.411 e. The number of nitrogens with zero attached hydrogens (tertiary/aromatic N) is 3. The summed E-state index contributed by atoms with van der Waals surface area (Å²) >= 11 is 0. The molecule has 0 aliphatic carbocycles. The van der Waals surface area contributed by atoms with Crippen molar-refractivity contribution in [3.8, 4) is 22.3 Å². The second kappa shape index (κ2) is 7.19. The molecule has 24 heavy (non-hydrogen) atoms. The van der Waals surface area contributed by atoms with Gasteiger partial charge in [-0.1, -0.05) is 58.8 Å². The van der Waals surface area contributed by atoms with Crippen molar-refractivity contribution in [1.82, 2.24) is 4.98 Å². The SMILES string of the molecule is O/N=C\c1ccc(-c2cncc(-c3ccc(/C=N/O)cc3)c2)cc1. The van der Waals surface area contributed by atoms with Gasteiger partial charge in [-0.2, -0.15) is 0 Å². The zero-order valence-corrected chi connectivity index (χ0v) is 12.7. The third kappa shape index (κ3) is 3.47. The molecule has 0 saturated carbocycles. The molecule has 0 atom stereocenters. The van der Waals surface area contributed by atoms with Crippen molar-refractivity contribution in [2.24, 2.45) is 10.3 Å². The topological polar surface area (TPSA) is 78.1 Å². The molecule has 2 aromatic carbocycles. The van der Waals surface area contributed by atoms with Crippen LogP contribution in [0.2, 0.25) is 0 Å². The van der Waals surface area contributed by atoms with Crippen molar-refractivity contribution in [1.29, 1.82) is 0 Å². The van der Waals surface area contributed by atoms with E-state index in [2.05, 4.69) is 21.4 Å². The van der Waals surface area contributed by atoms with E-state index in [1.807, 2.05) is 60.9 Å². The van der Waals surface area contributed by atoms with Crippen LogP contribution >= 0.6 is 0 Å². The summed E-state index contributed by atoms with van der Waals surface area (Å²) in [6, 6.07) is 17.4. The van der Waals surface area contributed by atoms with E-state index in [0.29, 0.717) is 0 Å². The quantitative estimate of drug-likeness (QED) is 0.433. The van der Waals surface area contributed by atoms with Gasteiger partial charge in [0.15, 0.2) is 0 Å². The lowest BCUT2D eigenvalue weighted by Crippen LogP contribution is -1.87. The molecular weight excluding hydrogens is 302 g/mol. The number of rotatable bonds is 4. The third-order valence-electron chi connectivity index (χ3n) is 3.64. The maximum atomic E-state index is 8.56. The van der Waals surface area contributed by atoms with Crippen LogP contribution in [-0.4, -0.2) is 27.8 Å². The molecular formula is C19H15N3O2. The van der Waals surface area contributed by atoms with Gasteiger partial charge in [-0.05, 0) is 28.3 Å². The van der Waals surface area contributed by atoms with Crippen LogP contribution in [0.25, 0.3) is 22.3 Å². The first-order valence-electron chi connectivity index (χ1n) is 7.31. The van der Waals surface area contributed by atoms with E-state index in [1.54, 1.807) is 0 Å². The molecule has 2 N–H and O–H groups in total. The van der Waals surface area contributed by atoms with E-state index in [-0.39, 0.29) is 0 Å². The Balaban J connectivity index is 1.91. The monoisotopic (exact) mass is 317 g/mol. The van der Waals surface area contributed by atoms with Crippen molar-refractivity contribution >= 4 is 12.4 Å². The first-order chi connectivity index (χ1) is 11.8. The molecule has 0 spiro atoms. The van der Waals surface area contributed by atoms with Gasteiger partial charge in [0.25, 0.3) is 0 Å². The number of aromatic nitrogens is 1. The highest BCUT2D eigenvalue weighted by atomic mass is 16.4. The van der Waals surface area contributed by atoms with Crippen LogP contribution in [0.1, 0.15) is 11.1 Å². The Morgan fingerprint density at radius 1 is 0.625 bits per heavy atom. The lowest BCUT2D eigenvalue weighted by Gasteiger charge is -2.06. The fourth-order valence-corrected chi connectivity index (χ4v) is 2.41. The van der Waals surface area contributed by atoms with E-state index in [4.69, 9.17) is 10.4 Å². The minimum absolute atomic E-state index is 0.825. The van der Waals surface area contributed by atoms with E-state index < -0.39 is 0 Å². The summed E-state index contributed by atoms with van der Waals surface area (Å²) in [7, 11) is 0. The van der Waals surface area contributed by atoms with Crippen LogP contribution in [0.4, 0.5) is 0 Å². The molecule has 0 fully saturated rings. The summed E-state index contributed by atoms with van der Waals surface area (Å²) in [4.78, 5) is 4.32. The molecule has 0 bridgehead atoms. The van der Waals surface area contributed by atoms with Gasteiger partial charge >= 0.3 is 0 Å². The molecule has 0 unspecified atom stereocenters. The molecule has 0 aliphatic rings. The average Bonchev–Trinajstić information content (AvgIpc) is 2.64. The minimum Gasteiger partial charge on any atom is -0.411 e. The fourth-order valence-electron chi connectivity index (χ4n) is 2.41. The van der Waals surface area contributed by atoms with Crippen molar-refractivity contribution in [2.45, 2.75) is 0 Å². The Bertz CT molecular complexity index is 799. The van der Waals surface area contributed by atoms with Gasteiger partial charge in [0, 0.05) is 23.5 Å². The molecule has 0 amide bonds. The van der Waals surface area contributed by atoms with Crippen molar-refractivity contribution in [3.05, 3.63) is 78.1 Å². The zero-order valence-electron chi connectivity index (χ0n) is 12.7. The highest BCUT2D eigenvalue weighted by Gasteiger charge is 2.03. The molecule has 3 rings (SSSR count). The third-order valence-corrected chi connectivity index (χ3v) is 3.64. The summed E-state index contributed by atoms with van der Waals surface area (Å²) in [6.07, 6.45) is 6.39. The van der Waals surface area contributed by atoms with E-state index >= 15 is 0 Å². The summed E-state index contributed by atoms with van der Waals surface area (Å²) in [5, 5.41) is 23.2. The number of hydrogen-bond acceptors (Lipinski definition) is 5. The van der Waals surface area contributed by atoms with Gasteiger partial charge in [-0.3, -0.25) is 4.98 Å². The Kier molecular flexibility index (Phi) is 4.62. The van der Waals surface area contributed by atoms with Crippen LogP contribution < -0.4 is 0 Å². The molecule has 0 saturated heterocycles. The Morgan fingerprint density at radius 3 is 1.42 bits per heavy atom. The Labute approximate surface area is 139 Å². The van der Waals surface area contributed by atoms with Crippen molar-refractivity contribution in [2.75, 3.05) is 0 Å². The van der Waals surface area contributed by atoms with E-state index in [1.165, 1.54) is 12.4 Å². The zero-order chi connectivity index (χ0) is 16.8. The van der Waals surface area contributed by atoms with E-state index in [9.17, 15) is 0 Å². The standard InChI is InChI=1S/C19H15N3O2/c23-21-10-14-1-5-16(6-2-14)18-9-19(13-20-12-18)17-7-3-15(4-8-17)11-22-24/h1-13,23-24H/b21-10-,22-11+. The molecule has 1 aromatic heterocycles. The van der Waals surface area contributed by atoms with Gasteiger partial charge in [0.2, 0.25) is 0 Å². The molecule has 3 aromatic rings. The summed E-state index contributed by atoms with van der Waals surface area (Å²) < 4.78 is 0. The number of benzene rings is 2. The van der Waals surface area contributed by atoms with E-state index in [0.717, 1.165) is 33.4 Å². The lowest BCUT2D eigenvalue weighted by molar-refractivity contribution is 0.321. The number of pyridine rings is 1. The highest BCUT2D eigenvalue weighted by Crippen LogP contribution is 2.25. The van der Waals surface area contributed by atoms with Gasteiger partial charge in [0.05, 0.1) is 12.4 Å². The second-order valence-electron chi connectivity index (χ2n) is 5.20. The first kappa shape index (κ1) is 15.4. The summed E-state index contributed by atoms with van der Waals surface area (Å²) in [5.41, 5.74) is 5.71. The molecule has 0 radical (unpaired) electrons. The normalized spacial score (nSPS) is 11.3. The van der Waals surface area contributed by atoms with Crippen LogP contribution in [0.5, 0.6) is 0 Å².